The molecular weight excluding hydrogens is 264 g/mol. The summed E-state index contributed by atoms with van der Waals surface area (Å²) >= 11 is 0. The van der Waals surface area contributed by atoms with Gasteiger partial charge in [0.1, 0.15) is 6.54 Å². The number of ether oxygens (including phenoxy) is 1. The summed E-state index contributed by atoms with van der Waals surface area (Å²) in [4.78, 5) is 22.0. The molecule has 20 heavy (non-hydrogen) atoms. The van der Waals surface area contributed by atoms with Crippen LogP contribution in [0, 0.1) is 5.92 Å². The minimum absolute atomic E-state index is 0.244. The molecule has 0 radical (unpaired) electrons. The first-order valence-corrected chi connectivity index (χ1v) is 6.34. The molecule has 0 bridgehead atoms. The van der Waals surface area contributed by atoms with Crippen LogP contribution in [0.2, 0.25) is 0 Å². The van der Waals surface area contributed by atoms with Gasteiger partial charge in [0.15, 0.2) is 0 Å². The molecule has 0 unspecified atom stereocenters. The van der Waals surface area contributed by atoms with Gasteiger partial charge in [0.2, 0.25) is 0 Å². The molecule has 0 spiro atoms. The number of anilines is 1. The van der Waals surface area contributed by atoms with E-state index in [9.17, 15) is 9.59 Å². The van der Waals surface area contributed by atoms with E-state index in [1.807, 2.05) is 0 Å². The highest BCUT2D eigenvalue weighted by molar-refractivity contribution is 5.88. The molecule has 8 heteroatoms. The minimum Gasteiger partial charge on any atom is -0.480 e. The second-order valence-electron chi connectivity index (χ2n) is 4.67. The lowest BCUT2D eigenvalue weighted by molar-refractivity contribution is -0.137. The lowest BCUT2D eigenvalue weighted by atomic mass is 10.2. The van der Waals surface area contributed by atoms with E-state index in [0.29, 0.717) is 31.4 Å². The first kappa shape index (κ1) is 16.0. The van der Waals surface area contributed by atoms with Gasteiger partial charge >= 0.3 is 12.0 Å². The number of nitrogens with one attached hydrogen (secondary N) is 2. The van der Waals surface area contributed by atoms with Crippen LogP contribution in [0.1, 0.15) is 13.8 Å². The van der Waals surface area contributed by atoms with Gasteiger partial charge in [0.05, 0.1) is 18.5 Å². The normalized spacial score (nSPS) is 10.6. The summed E-state index contributed by atoms with van der Waals surface area (Å²) in [6, 6.07) is -0.381. The van der Waals surface area contributed by atoms with Crippen LogP contribution in [-0.4, -0.2) is 46.6 Å². The summed E-state index contributed by atoms with van der Waals surface area (Å²) in [6.07, 6.45) is 2.83. The average molecular weight is 284 g/mol. The summed E-state index contributed by atoms with van der Waals surface area (Å²) in [6.45, 7) is 5.37. The quantitative estimate of drug-likeness (QED) is 0.611. The van der Waals surface area contributed by atoms with E-state index >= 15 is 0 Å². The van der Waals surface area contributed by atoms with E-state index < -0.39 is 5.97 Å². The summed E-state index contributed by atoms with van der Waals surface area (Å²) in [7, 11) is 0. The Kier molecular flexibility index (Phi) is 6.51. The van der Waals surface area contributed by atoms with Crippen molar-refractivity contribution in [2.75, 3.05) is 25.1 Å². The number of amides is 2. The van der Waals surface area contributed by atoms with E-state index in [-0.39, 0.29) is 12.6 Å². The summed E-state index contributed by atoms with van der Waals surface area (Å²) in [5.74, 6) is -0.532. The first-order valence-electron chi connectivity index (χ1n) is 6.34. The molecule has 0 atom stereocenters. The molecular formula is C12H20N4O4. The predicted molar refractivity (Wildman–Crippen MR) is 72.5 cm³/mol. The van der Waals surface area contributed by atoms with Crippen LogP contribution in [0.3, 0.4) is 0 Å². The maximum absolute atomic E-state index is 11.5. The van der Waals surface area contributed by atoms with Gasteiger partial charge in [-0.25, -0.2) is 4.79 Å². The van der Waals surface area contributed by atoms with Crippen molar-refractivity contribution in [3.63, 3.8) is 0 Å². The van der Waals surface area contributed by atoms with Crippen molar-refractivity contribution in [2.24, 2.45) is 5.92 Å². The topological polar surface area (TPSA) is 105 Å². The van der Waals surface area contributed by atoms with Crippen molar-refractivity contribution in [2.45, 2.75) is 20.4 Å². The molecule has 0 aliphatic heterocycles. The van der Waals surface area contributed by atoms with Gasteiger partial charge in [0.25, 0.3) is 0 Å². The van der Waals surface area contributed by atoms with E-state index in [2.05, 4.69) is 29.6 Å². The van der Waals surface area contributed by atoms with E-state index in [0.717, 1.165) is 0 Å². The second-order valence-corrected chi connectivity index (χ2v) is 4.67. The zero-order valence-corrected chi connectivity index (χ0v) is 11.6. The number of carboxylic acids is 1. The standard InChI is InChI=1S/C12H20N4O4/c1-9(2)8-20-4-3-13-12(19)15-10-5-14-16(6-10)7-11(17)18/h5-6,9H,3-4,7-8H2,1-2H3,(H,17,18)(H2,13,15,19). The van der Waals surface area contributed by atoms with Crippen molar-refractivity contribution < 1.29 is 19.4 Å². The fraction of sp³-hybridized carbons (Fsp3) is 0.583. The fourth-order valence-corrected chi connectivity index (χ4v) is 1.38. The molecule has 8 nitrogen and oxygen atoms in total. The Labute approximate surface area is 117 Å². The third-order valence-corrected chi connectivity index (χ3v) is 2.17. The van der Waals surface area contributed by atoms with Crippen molar-refractivity contribution in [3.8, 4) is 0 Å². The molecule has 1 aromatic rings. The van der Waals surface area contributed by atoms with Crippen molar-refractivity contribution in [3.05, 3.63) is 12.4 Å². The molecule has 1 heterocycles. The third-order valence-electron chi connectivity index (χ3n) is 2.17. The Morgan fingerprint density at radius 2 is 2.25 bits per heavy atom. The summed E-state index contributed by atoms with van der Waals surface area (Å²) < 4.78 is 6.55. The maximum Gasteiger partial charge on any atom is 0.325 e. The average Bonchev–Trinajstić information content (AvgIpc) is 2.74. The molecule has 0 saturated heterocycles. The minimum atomic E-state index is -0.994. The largest absolute Gasteiger partial charge is 0.480 e. The first-order chi connectivity index (χ1) is 9.47. The van der Waals surface area contributed by atoms with Gasteiger partial charge in [-0.3, -0.25) is 9.48 Å². The number of carboxylic acid groups (broad SMARTS) is 1. The second kappa shape index (κ2) is 8.16. The number of nitrogens with zero attached hydrogens (tertiary/aromatic N) is 2. The van der Waals surface area contributed by atoms with Crippen LogP contribution < -0.4 is 10.6 Å². The molecule has 112 valence electrons. The van der Waals surface area contributed by atoms with Crippen LogP contribution in [0.25, 0.3) is 0 Å². The van der Waals surface area contributed by atoms with Crippen molar-refractivity contribution in [1.82, 2.24) is 15.1 Å². The van der Waals surface area contributed by atoms with E-state index in [1.165, 1.54) is 17.1 Å². The fourth-order valence-electron chi connectivity index (χ4n) is 1.38. The van der Waals surface area contributed by atoms with Crippen LogP contribution in [0.5, 0.6) is 0 Å². The lowest BCUT2D eigenvalue weighted by Crippen LogP contribution is -2.31. The van der Waals surface area contributed by atoms with Crippen LogP contribution in [-0.2, 0) is 16.1 Å². The van der Waals surface area contributed by atoms with Crippen LogP contribution in [0.4, 0.5) is 10.5 Å². The molecule has 2 amide bonds. The number of aliphatic carboxylic acids is 1. The van der Waals surface area contributed by atoms with Gasteiger partial charge < -0.3 is 20.5 Å². The van der Waals surface area contributed by atoms with Crippen molar-refractivity contribution >= 4 is 17.7 Å². The SMILES string of the molecule is CC(C)COCCNC(=O)Nc1cnn(CC(=O)O)c1. The zero-order valence-electron chi connectivity index (χ0n) is 11.6. The number of urea groups is 1. The lowest BCUT2D eigenvalue weighted by Gasteiger charge is -2.08. The van der Waals surface area contributed by atoms with E-state index in [4.69, 9.17) is 9.84 Å². The monoisotopic (exact) mass is 284 g/mol. The number of carbonyl (C=O) groups excluding carboxylic acids is 1. The third kappa shape index (κ3) is 6.74. The Balaban J connectivity index is 2.21. The molecule has 0 aromatic carbocycles. The molecule has 0 saturated carbocycles. The van der Waals surface area contributed by atoms with Gasteiger partial charge in [-0.15, -0.1) is 0 Å². The Morgan fingerprint density at radius 3 is 2.90 bits per heavy atom. The summed E-state index contributed by atoms with van der Waals surface area (Å²) in [5, 5.41) is 17.6. The van der Waals surface area contributed by atoms with Gasteiger partial charge in [-0.05, 0) is 5.92 Å². The molecule has 1 rings (SSSR count). The molecule has 1 aromatic heterocycles. The highest BCUT2D eigenvalue weighted by Crippen LogP contribution is 2.04. The predicted octanol–water partition coefficient (Wildman–Crippen LogP) is 0.762. The van der Waals surface area contributed by atoms with Crippen molar-refractivity contribution in [1.29, 1.82) is 0 Å². The molecule has 3 N–H and O–H groups in total. The molecule has 0 fully saturated rings. The molecule has 0 aliphatic rings. The summed E-state index contributed by atoms with van der Waals surface area (Å²) in [5.41, 5.74) is 0.437. The van der Waals surface area contributed by atoms with Gasteiger partial charge in [-0.1, -0.05) is 13.8 Å². The van der Waals surface area contributed by atoms with Gasteiger partial charge in [0, 0.05) is 19.3 Å². The zero-order chi connectivity index (χ0) is 15.0. The Hall–Kier alpha value is -2.09. The highest BCUT2D eigenvalue weighted by Gasteiger charge is 2.05. The molecule has 0 aliphatic carbocycles. The Morgan fingerprint density at radius 1 is 1.50 bits per heavy atom. The maximum atomic E-state index is 11.5. The van der Waals surface area contributed by atoms with Gasteiger partial charge in [-0.2, -0.15) is 5.10 Å². The number of hydrogen-bond donors (Lipinski definition) is 3. The van der Waals surface area contributed by atoms with E-state index in [1.54, 1.807) is 0 Å². The highest BCUT2D eigenvalue weighted by atomic mass is 16.5. The van der Waals surface area contributed by atoms with Crippen LogP contribution in [0.15, 0.2) is 12.4 Å². The number of hydrogen-bond acceptors (Lipinski definition) is 4. The number of aromatic nitrogens is 2. The number of rotatable bonds is 8. The van der Waals surface area contributed by atoms with Crippen LogP contribution >= 0.6 is 0 Å². The number of carbonyl (C=O) groups is 2. The smallest absolute Gasteiger partial charge is 0.325 e. The Bertz CT molecular complexity index is 444.